The Kier molecular flexibility index (Phi) is 15.7. The van der Waals surface area contributed by atoms with Crippen LogP contribution in [-0.2, 0) is 25.7 Å². The van der Waals surface area contributed by atoms with Crippen LogP contribution in [0.25, 0.3) is 25.6 Å². The summed E-state index contributed by atoms with van der Waals surface area (Å²) < 4.78 is 80.0. The Bertz CT molecular complexity index is 3730. The summed E-state index contributed by atoms with van der Waals surface area (Å²) in [5.41, 5.74) is 3.32. The third-order valence-corrected chi connectivity index (χ3v) is 15.6. The number of hydrogen-bond donors (Lipinski definition) is 1. The molecule has 0 fully saturated rings. The molecule has 0 bridgehead atoms. The molecule has 0 spiro atoms. The molecule has 8 rings (SSSR count). The normalized spacial score (nSPS) is 11.9. The zero-order valence-corrected chi connectivity index (χ0v) is 47.6. The van der Waals surface area contributed by atoms with Gasteiger partial charge in [0.25, 0.3) is 0 Å². The molecule has 0 radical (unpaired) electrons. The average molecular weight is 1030 g/mol. The minimum atomic E-state index is -5.04. The second-order valence-electron chi connectivity index (χ2n) is 17.2. The molecule has 4 aromatic carbocycles. The van der Waals surface area contributed by atoms with E-state index < -0.39 is 35.4 Å². The molecule has 0 amide bonds. The number of azo groups is 1. The second-order valence-corrected chi connectivity index (χ2v) is 21.9. The van der Waals surface area contributed by atoms with Crippen molar-refractivity contribution in [1.82, 2.24) is 24.7 Å². The molecule has 0 atom stereocenters. The fourth-order valence-corrected chi connectivity index (χ4v) is 12.2. The van der Waals surface area contributed by atoms with E-state index in [-0.39, 0.29) is 138 Å². The minimum Gasteiger partial charge on any atom is -0.744 e. The van der Waals surface area contributed by atoms with Gasteiger partial charge in [0.2, 0.25) is 5.13 Å². The van der Waals surface area contributed by atoms with Crippen LogP contribution in [0, 0.1) is 71.1 Å². The van der Waals surface area contributed by atoms with Crippen molar-refractivity contribution in [2.45, 2.75) is 84.4 Å². The number of fused-ring (bicyclic) bond motifs is 2. The third-order valence-electron chi connectivity index (χ3n) is 11.3. The van der Waals surface area contributed by atoms with Gasteiger partial charge in [-0.05, 0) is 106 Å². The number of nitrogens with one attached hydrogen (secondary N) is 1. The van der Waals surface area contributed by atoms with Crippen molar-refractivity contribution in [2.75, 3.05) is 10.2 Å². The zero-order valence-electron chi connectivity index (χ0n) is 40.3. The van der Waals surface area contributed by atoms with Crippen LogP contribution in [0.2, 0.25) is 0 Å². The van der Waals surface area contributed by atoms with E-state index in [0.29, 0.717) is 33.0 Å². The molecular formula is C47H41N11Na2O6S4. The molecule has 0 saturated carbocycles. The van der Waals surface area contributed by atoms with Gasteiger partial charge in [-0.1, -0.05) is 79.8 Å². The van der Waals surface area contributed by atoms with E-state index in [1.54, 1.807) is 45.0 Å². The number of hydrogen-bond acceptors (Lipinski definition) is 18. The Morgan fingerprint density at radius 1 is 0.700 bits per heavy atom. The van der Waals surface area contributed by atoms with Gasteiger partial charge in [-0.2, -0.15) is 20.3 Å². The van der Waals surface area contributed by atoms with Gasteiger partial charge in [0.1, 0.15) is 49.2 Å². The molecule has 23 heteroatoms. The second kappa shape index (κ2) is 20.3. The van der Waals surface area contributed by atoms with Crippen molar-refractivity contribution >= 4 is 103 Å². The Labute approximate surface area is 457 Å². The minimum absolute atomic E-state index is 0. The summed E-state index contributed by atoms with van der Waals surface area (Å²) in [4.78, 5) is 15.4. The summed E-state index contributed by atoms with van der Waals surface area (Å²) in [6.07, 6.45) is 0. The topological polar surface area (TPSA) is 258 Å². The van der Waals surface area contributed by atoms with E-state index in [2.05, 4.69) is 22.6 Å². The van der Waals surface area contributed by atoms with Gasteiger partial charge in [-0.15, -0.1) is 10.2 Å². The van der Waals surface area contributed by atoms with E-state index >= 15 is 0 Å². The number of aromatic nitrogens is 5. The summed E-state index contributed by atoms with van der Waals surface area (Å²) >= 11 is 2.55. The molecule has 8 aromatic rings. The van der Waals surface area contributed by atoms with Gasteiger partial charge < -0.3 is 14.4 Å². The van der Waals surface area contributed by atoms with E-state index in [0.717, 1.165) is 9.40 Å². The van der Waals surface area contributed by atoms with Crippen molar-refractivity contribution < 1.29 is 85.1 Å². The molecule has 0 unspecified atom stereocenters. The predicted octanol–water partition coefficient (Wildman–Crippen LogP) is 5.13. The van der Waals surface area contributed by atoms with Crippen LogP contribution in [0.1, 0.15) is 76.5 Å². The molecule has 0 aliphatic heterocycles. The van der Waals surface area contributed by atoms with Gasteiger partial charge in [-0.3, -0.25) is 4.90 Å². The summed E-state index contributed by atoms with van der Waals surface area (Å²) in [6.45, 7) is 16.8. The average Bonchev–Trinajstić information content (AvgIpc) is 3.97. The fourth-order valence-electron chi connectivity index (χ4n) is 8.49. The Morgan fingerprint density at radius 3 is 1.79 bits per heavy atom. The van der Waals surface area contributed by atoms with E-state index in [1.807, 2.05) is 57.2 Å². The van der Waals surface area contributed by atoms with Gasteiger partial charge >= 0.3 is 59.1 Å². The number of rotatable bonds is 10. The number of para-hydroxylation sites is 2. The predicted molar refractivity (Wildman–Crippen MR) is 260 cm³/mol. The molecule has 0 aliphatic carbocycles. The summed E-state index contributed by atoms with van der Waals surface area (Å²) in [6, 6.07) is 22.4. The molecule has 1 N–H and O–H groups in total. The molecule has 346 valence electrons. The largest absolute Gasteiger partial charge is 1.00 e. The number of pyridine rings is 1. The first-order valence-electron chi connectivity index (χ1n) is 20.8. The van der Waals surface area contributed by atoms with E-state index in [1.165, 1.54) is 60.0 Å². The number of thiazole rings is 2. The Morgan fingerprint density at radius 2 is 1.24 bits per heavy atom. The molecule has 0 saturated heterocycles. The molecule has 17 nitrogen and oxygen atoms in total. The first-order chi connectivity index (χ1) is 31.9. The van der Waals surface area contributed by atoms with Gasteiger partial charge in [0.05, 0.1) is 41.6 Å². The van der Waals surface area contributed by atoms with Crippen LogP contribution < -0.4 is 69.3 Å². The maximum absolute atomic E-state index is 12.9. The number of nitrogens with zero attached hydrogens (tertiary/aromatic N) is 10. The molecule has 4 aromatic heterocycles. The van der Waals surface area contributed by atoms with Crippen LogP contribution in [0.3, 0.4) is 0 Å². The van der Waals surface area contributed by atoms with Crippen molar-refractivity contribution in [2.24, 2.45) is 10.2 Å². The molecule has 4 heterocycles. The quantitative estimate of drug-likeness (QED) is 0.106. The molecular weight excluding hydrogens is 989 g/mol. The van der Waals surface area contributed by atoms with Gasteiger partial charge in [0, 0.05) is 16.7 Å². The van der Waals surface area contributed by atoms with Gasteiger partial charge in [-0.25, -0.2) is 31.8 Å². The standard InChI is InChI=1S/C47H43N11O6S4.2Na/c1-23-19-25(3)39(67(59,60)61)28(6)36(23)52-42-37(54-55-44-31(22-49)41(47(8,9)10)56-58(44)46-51-33-16-12-14-18-35(33)66-46)27(5)30(21-48)43(53-42)57(45-50-32-15-11-13-17-34(32)65-45)38-24(2)20-26(4)40(29(38)7)68(62,63)64;;/h11-20H,1-10H3,(H,52,53)(H,59,60,61)(H,62,63,64);;/q;2*+1/p-2. The Balaban J connectivity index is 0.00000402. The van der Waals surface area contributed by atoms with Crippen molar-refractivity contribution in [1.29, 1.82) is 10.5 Å². The van der Waals surface area contributed by atoms with Gasteiger partial charge in [0.15, 0.2) is 22.6 Å². The number of anilines is 5. The number of benzene rings is 4. The first-order valence-corrected chi connectivity index (χ1v) is 25.2. The number of nitriles is 2. The third kappa shape index (κ3) is 9.96. The summed E-state index contributed by atoms with van der Waals surface area (Å²) in [7, 11) is -10.0. The molecule has 0 aliphatic rings. The molecule has 70 heavy (non-hydrogen) atoms. The van der Waals surface area contributed by atoms with Crippen LogP contribution in [-0.4, -0.2) is 50.7 Å². The van der Waals surface area contributed by atoms with Crippen LogP contribution in [0.5, 0.6) is 0 Å². The van der Waals surface area contributed by atoms with Crippen LogP contribution >= 0.6 is 22.7 Å². The number of aryl methyl sites for hydroxylation is 4. The first kappa shape index (κ1) is 54.4. The summed E-state index contributed by atoms with van der Waals surface area (Å²) in [5.74, 6) is -0.128. The smallest absolute Gasteiger partial charge is 0.744 e. The van der Waals surface area contributed by atoms with Crippen molar-refractivity contribution in [3.8, 4) is 17.3 Å². The van der Waals surface area contributed by atoms with Crippen LogP contribution in [0.15, 0.2) is 80.7 Å². The SMILES string of the molecule is Cc1cc(C)c(S(=O)(=O)[O-])c(C)c1Nc1nc(N(c2nc3ccccc3s2)c2c(C)cc(C)c(S(=O)(=O)[O-])c2C)c(C#N)c(C)c1N=Nc1c(C#N)c(C(C)(C)C)nn1-c1nc2ccccc2s1.[Na+].[Na+]. The Hall–Kier alpha value is -4.98. The fraction of sp³-hybridized carbons (Fsp3) is 0.234. The zero-order chi connectivity index (χ0) is 49.4. The van der Waals surface area contributed by atoms with E-state index in [9.17, 15) is 36.5 Å². The maximum atomic E-state index is 12.9. The maximum Gasteiger partial charge on any atom is 1.00 e. The summed E-state index contributed by atoms with van der Waals surface area (Å²) in [5, 5.41) is 40.0. The monoisotopic (exact) mass is 1030 g/mol. The van der Waals surface area contributed by atoms with E-state index in [4.69, 9.17) is 25.2 Å². The van der Waals surface area contributed by atoms with Crippen molar-refractivity contribution in [3.05, 3.63) is 116 Å². The van der Waals surface area contributed by atoms with Crippen molar-refractivity contribution in [3.63, 3.8) is 0 Å². The van der Waals surface area contributed by atoms with Crippen LogP contribution in [0.4, 0.5) is 39.6 Å².